The highest BCUT2D eigenvalue weighted by Crippen LogP contribution is 2.26. The molecule has 1 aromatic carbocycles. The smallest absolute Gasteiger partial charge is 0.340 e. The van der Waals surface area contributed by atoms with Crippen LogP contribution < -0.4 is 0 Å². The van der Waals surface area contributed by atoms with Crippen LogP contribution in [0, 0.1) is 0 Å². The molecule has 0 saturated carbocycles. The van der Waals surface area contributed by atoms with E-state index >= 15 is 0 Å². The van der Waals surface area contributed by atoms with Crippen LogP contribution in [0.2, 0.25) is 0 Å². The van der Waals surface area contributed by atoms with E-state index < -0.39 is 36.5 Å². The number of ether oxygens (including phenoxy) is 3. The SMILES string of the molecule is CC1OC(OCCCCCCCC=CC(=O)O)C(O)CC1OC(=O)c1c[nH]c2ccccc12. The van der Waals surface area contributed by atoms with Crippen LogP contribution in [-0.4, -0.2) is 58.3 Å². The summed E-state index contributed by atoms with van der Waals surface area (Å²) < 4.78 is 17.2. The van der Waals surface area contributed by atoms with Crippen LogP contribution in [0.1, 0.15) is 62.2 Å². The number of carbonyl (C=O) groups is 2. The van der Waals surface area contributed by atoms with E-state index in [0.717, 1.165) is 49.4 Å². The number of aliphatic hydroxyl groups excluding tert-OH is 1. The quantitative estimate of drug-likeness (QED) is 0.247. The predicted molar refractivity (Wildman–Crippen MR) is 123 cm³/mol. The number of para-hydroxylation sites is 1. The molecule has 0 aliphatic carbocycles. The molecule has 4 unspecified atom stereocenters. The third-order valence-electron chi connectivity index (χ3n) is 5.79. The molecule has 1 aliphatic rings. The Kier molecular flexibility index (Phi) is 9.47. The number of esters is 1. The normalized spacial score (nSPS) is 23.2. The van der Waals surface area contributed by atoms with Gasteiger partial charge in [0.1, 0.15) is 12.2 Å². The number of fused-ring (bicyclic) bond motifs is 1. The zero-order valence-electron chi connectivity index (χ0n) is 18.9. The summed E-state index contributed by atoms with van der Waals surface area (Å²) in [6.07, 6.45) is 7.84. The monoisotopic (exact) mass is 459 g/mol. The molecular formula is C25H33NO7. The summed E-state index contributed by atoms with van der Waals surface area (Å²) in [5.74, 6) is -1.36. The number of allylic oxidation sites excluding steroid dienone is 1. The standard InChI is InChI=1S/C25H33NO7/c1-17-22(33-24(30)19-16-26-20-12-9-8-11-18(19)20)15-21(27)25(32-17)31-14-10-6-4-2-3-5-7-13-23(28)29/h7-9,11-13,16-17,21-22,25-27H,2-6,10,14-15H2,1H3,(H,28,29). The number of carboxylic acid groups (broad SMARTS) is 1. The average Bonchev–Trinajstić information content (AvgIpc) is 3.22. The summed E-state index contributed by atoms with van der Waals surface area (Å²) in [6.45, 7) is 2.29. The molecule has 2 aromatic rings. The zero-order valence-corrected chi connectivity index (χ0v) is 18.9. The Morgan fingerprint density at radius 3 is 2.76 bits per heavy atom. The molecule has 0 radical (unpaired) electrons. The van der Waals surface area contributed by atoms with Crippen LogP contribution in [0.4, 0.5) is 0 Å². The fraction of sp³-hybridized carbons (Fsp3) is 0.520. The van der Waals surface area contributed by atoms with Crippen LogP contribution in [0.25, 0.3) is 10.9 Å². The van der Waals surface area contributed by atoms with E-state index in [1.807, 2.05) is 31.2 Å². The van der Waals surface area contributed by atoms with Crippen molar-refractivity contribution in [2.75, 3.05) is 6.61 Å². The summed E-state index contributed by atoms with van der Waals surface area (Å²) in [6, 6.07) is 7.51. The van der Waals surface area contributed by atoms with E-state index in [1.165, 1.54) is 6.08 Å². The molecule has 8 nitrogen and oxygen atoms in total. The maximum atomic E-state index is 12.7. The number of hydrogen-bond donors (Lipinski definition) is 3. The molecule has 0 amide bonds. The Labute approximate surface area is 193 Å². The van der Waals surface area contributed by atoms with Crippen molar-refractivity contribution in [3.05, 3.63) is 48.2 Å². The fourth-order valence-corrected chi connectivity index (χ4v) is 3.94. The maximum Gasteiger partial charge on any atom is 0.340 e. The average molecular weight is 460 g/mol. The molecule has 0 bridgehead atoms. The van der Waals surface area contributed by atoms with Crippen molar-refractivity contribution in [3.63, 3.8) is 0 Å². The van der Waals surface area contributed by atoms with Gasteiger partial charge in [0.05, 0.1) is 11.7 Å². The molecule has 1 aromatic heterocycles. The number of hydrogen-bond acceptors (Lipinski definition) is 6. The number of carboxylic acids is 1. The summed E-state index contributed by atoms with van der Waals surface area (Å²) in [7, 11) is 0. The van der Waals surface area contributed by atoms with Crippen molar-refractivity contribution in [3.8, 4) is 0 Å². The van der Waals surface area contributed by atoms with Gasteiger partial charge in [0.25, 0.3) is 0 Å². The summed E-state index contributed by atoms with van der Waals surface area (Å²) in [4.78, 5) is 26.1. The van der Waals surface area contributed by atoms with Crippen LogP contribution >= 0.6 is 0 Å². The van der Waals surface area contributed by atoms with Gasteiger partial charge in [0.15, 0.2) is 6.29 Å². The van der Waals surface area contributed by atoms with Crippen LogP contribution in [0.3, 0.4) is 0 Å². The van der Waals surface area contributed by atoms with Gasteiger partial charge in [-0.25, -0.2) is 9.59 Å². The molecule has 2 heterocycles. The largest absolute Gasteiger partial charge is 0.478 e. The summed E-state index contributed by atoms with van der Waals surface area (Å²) in [5, 5.41) is 19.8. The van der Waals surface area contributed by atoms with Gasteiger partial charge in [0.2, 0.25) is 0 Å². The lowest BCUT2D eigenvalue weighted by molar-refractivity contribution is -0.260. The number of aromatic amines is 1. The number of unbranched alkanes of at least 4 members (excludes halogenated alkanes) is 5. The number of carbonyl (C=O) groups excluding carboxylic acids is 1. The molecule has 1 saturated heterocycles. The van der Waals surface area contributed by atoms with Crippen molar-refractivity contribution in [2.24, 2.45) is 0 Å². The van der Waals surface area contributed by atoms with Gasteiger partial charge >= 0.3 is 11.9 Å². The van der Waals surface area contributed by atoms with Gasteiger partial charge in [-0.15, -0.1) is 0 Å². The highest BCUT2D eigenvalue weighted by Gasteiger charge is 2.38. The third kappa shape index (κ3) is 7.42. The van der Waals surface area contributed by atoms with E-state index in [2.05, 4.69) is 4.98 Å². The maximum absolute atomic E-state index is 12.7. The second kappa shape index (κ2) is 12.5. The molecular weight excluding hydrogens is 426 g/mol. The Balaban J connectivity index is 1.34. The summed E-state index contributed by atoms with van der Waals surface area (Å²) >= 11 is 0. The molecule has 8 heteroatoms. The van der Waals surface area contributed by atoms with Crippen LogP contribution in [0.5, 0.6) is 0 Å². The van der Waals surface area contributed by atoms with Gasteiger partial charge in [-0.3, -0.25) is 0 Å². The fourth-order valence-electron chi connectivity index (χ4n) is 3.94. The number of aliphatic hydroxyl groups is 1. The van der Waals surface area contributed by atoms with E-state index in [1.54, 1.807) is 12.3 Å². The minimum absolute atomic E-state index is 0.254. The van der Waals surface area contributed by atoms with Crippen molar-refractivity contribution in [1.82, 2.24) is 4.98 Å². The summed E-state index contributed by atoms with van der Waals surface area (Å²) in [5.41, 5.74) is 1.32. The van der Waals surface area contributed by atoms with Crippen molar-refractivity contribution < 1.29 is 34.0 Å². The molecule has 4 atom stereocenters. The first-order valence-corrected chi connectivity index (χ1v) is 11.6. The zero-order chi connectivity index (χ0) is 23.6. The number of nitrogens with one attached hydrogen (secondary N) is 1. The minimum Gasteiger partial charge on any atom is -0.478 e. The Hall–Kier alpha value is -2.68. The highest BCUT2D eigenvalue weighted by atomic mass is 16.7. The van der Waals surface area contributed by atoms with Gasteiger partial charge < -0.3 is 29.4 Å². The number of aromatic nitrogens is 1. The first-order valence-electron chi connectivity index (χ1n) is 11.6. The molecule has 3 rings (SSSR count). The molecule has 1 fully saturated rings. The molecule has 33 heavy (non-hydrogen) atoms. The number of benzene rings is 1. The van der Waals surface area contributed by atoms with Gasteiger partial charge in [-0.05, 0) is 32.3 Å². The molecule has 3 N–H and O–H groups in total. The Morgan fingerprint density at radius 1 is 1.18 bits per heavy atom. The van der Waals surface area contributed by atoms with Crippen LogP contribution in [0.15, 0.2) is 42.6 Å². The number of H-pyrrole nitrogens is 1. The van der Waals surface area contributed by atoms with E-state index in [-0.39, 0.29) is 6.42 Å². The van der Waals surface area contributed by atoms with Crippen molar-refractivity contribution in [2.45, 2.75) is 76.5 Å². The number of rotatable bonds is 12. The van der Waals surface area contributed by atoms with Crippen LogP contribution in [-0.2, 0) is 19.0 Å². The Bertz CT molecular complexity index is 938. The van der Waals surface area contributed by atoms with Crippen molar-refractivity contribution in [1.29, 1.82) is 0 Å². The molecule has 180 valence electrons. The molecule has 1 aliphatic heterocycles. The highest BCUT2D eigenvalue weighted by molar-refractivity contribution is 6.04. The van der Waals surface area contributed by atoms with Gasteiger partial charge in [-0.1, -0.05) is 43.5 Å². The van der Waals surface area contributed by atoms with E-state index in [0.29, 0.717) is 12.2 Å². The second-order valence-electron chi connectivity index (χ2n) is 8.37. The number of aliphatic carboxylic acids is 1. The van der Waals surface area contributed by atoms with Crippen molar-refractivity contribution >= 4 is 22.8 Å². The topological polar surface area (TPSA) is 118 Å². The first kappa shape index (κ1) is 25.0. The first-order chi connectivity index (χ1) is 16.0. The predicted octanol–water partition coefficient (Wildman–Crippen LogP) is 4.19. The van der Waals surface area contributed by atoms with Gasteiger partial charge in [0, 0.05) is 36.2 Å². The lowest BCUT2D eigenvalue weighted by Crippen LogP contribution is -2.48. The molecule has 0 spiro atoms. The lowest BCUT2D eigenvalue weighted by atomic mass is 10.0. The second-order valence-corrected chi connectivity index (χ2v) is 8.37. The minimum atomic E-state index is -0.910. The van der Waals surface area contributed by atoms with E-state index in [9.17, 15) is 14.7 Å². The van der Waals surface area contributed by atoms with Gasteiger partial charge in [-0.2, -0.15) is 0 Å². The lowest BCUT2D eigenvalue weighted by Gasteiger charge is -2.37. The van der Waals surface area contributed by atoms with E-state index in [4.69, 9.17) is 19.3 Å². The Morgan fingerprint density at radius 2 is 1.94 bits per heavy atom. The third-order valence-corrected chi connectivity index (χ3v) is 5.79.